The summed E-state index contributed by atoms with van der Waals surface area (Å²) in [6, 6.07) is 34.0. The molecule has 4 rings (SSSR count). The summed E-state index contributed by atoms with van der Waals surface area (Å²) in [7, 11) is -3.02. The van der Waals surface area contributed by atoms with Crippen molar-refractivity contribution in [2.45, 2.75) is 12.8 Å². The highest BCUT2D eigenvalue weighted by Crippen LogP contribution is 2.44. The van der Waals surface area contributed by atoms with Crippen LogP contribution in [0.4, 0.5) is 0 Å². The van der Waals surface area contributed by atoms with Crippen LogP contribution in [0.5, 0.6) is 0 Å². The molecule has 0 amide bonds. The van der Waals surface area contributed by atoms with E-state index in [4.69, 9.17) is 0 Å². The Morgan fingerprint density at radius 2 is 1.25 bits per heavy atom. The maximum atomic E-state index is 13.8. The van der Waals surface area contributed by atoms with Gasteiger partial charge in [-0.2, -0.15) is 0 Å². The lowest BCUT2D eigenvalue weighted by molar-refractivity contribution is 0.588. The van der Waals surface area contributed by atoms with E-state index in [9.17, 15) is 4.57 Å². The minimum Gasteiger partial charge on any atom is -0.288 e. The molecule has 0 fully saturated rings. The first-order valence-corrected chi connectivity index (χ1v) is 11.1. The Kier molecular flexibility index (Phi) is 5.50. The number of aryl methyl sites for hydroxylation is 1. The fourth-order valence-electron chi connectivity index (χ4n) is 3.34. The molecule has 0 spiro atoms. The van der Waals surface area contributed by atoms with Crippen molar-refractivity contribution in [1.29, 1.82) is 0 Å². The van der Waals surface area contributed by atoms with Crippen LogP contribution in [-0.4, -0.2) is 6.21 Å². The normalized spacial score (nSPS) is 11.9. The summed E-state index contributed by atoms with van der Waals surface area (Å²) >= 11 is 0. The van der Waals surface area contributed by atoms with Crippen LogP contribution in [0.2, 0.25) is 0 Å². The number of hydrogen-bond donors (Lipinski definition) is 0. The van der Waals surface area contributed by atoms with Crippen LogP contribution in [0.1, 0.15) is 12.0 Å². The maximum Gasteiger partial charge on any atom is 0.247 e. The molecule has 0 atom stereocenters. The van der Waals surface area contributed by atoms with E-state index in [0.717, 1.165) is 23.5 Å². The molecule has 0 saturated carbocycles. The van der Waals surface area contributed by atoms with E-state index in [-0.39, 0.29) is 0 Å². The van der Waals surface area contributed by atoms with Crippen molar-refractivity contribution in [2.75, 3.05) is 0 Å². The van der Waals surface area contributed by atoms with Crippen LogP contribution < -0.4 is 10.6 Å². The van der Waals surface area contributed by atoms with Gasteiger partial charge in [-0.1, -0.05) is 78.9 Å². The molecule has 2 nitrogen and oxygen atoms in total. The highest BCUT2D eigenvalue weighted by atomic mass is 31.2. The van der Waals surface area contributed by atoms with Gasteiger partial charge < -0.3 is 0 Å². The van der Waals surface area contributed by atoms with Gasteiger partial charge in [0.25, 0.3) is 0 Å². The number of rotatable bonds is 6. The lowest BCUT2D eigenvalue weighted by Crippen LogP contribution is -2.14. The van der Waals surface area contributed by atoms with Gasteiger partial charge in [0.15, 0.2) is 0 Å². The van der Waals surface area contributed by atoms with Gasteiger partial charge in [0.1, 0.15) is 0 Å². The summed E-state index contributed by atoms with van der Waals surface area (Å²) < 4.78 is 18.4. The molecule has 0 aliphatic rings. The van der Waals surface area contributed by atoms with Gasteiger partial charge in [-0.15, -0.1) is 0 Å². The van der Waals surface area contributed by atoms with Crippen LogP contribution in [0, 0.1) is 0 Å². The Balaban J connectivity index is 1.55. The Labute approximate surface area is 166 Å². The highest BCUT2D eigenvalue weighted by Gasteiger charge is 2.25. The molecule has 0 heterocycles. The van der Waals surface area contributed by atoms with Gasteiger partial charge in [0.2, 0.25) is 7.29 Å². The lowest BCUT2D eigenvalue weighted by Gasteiger charge is -2.14. The Hall–Kier alpha value is -2.96. The summed E-state index contributed by atoms with van der Waals surface area (Å²) in [6.45, 7) is 0. The molecule has 4 aromatic rings. The van der Waals surface area contributed by atoms with Crippen LogP contribution in [0.15, 0.2) is 108 Å². The van der Waals surface area contributed by atoms with Crippen molar-refractivity contribution in [1.82, 2.24) is 0 Å². The third-order valence-electron chi connectivity index (χ3n) is 4.83. The van der Waals surface area contributed by atoms with E-state index in [2.05, 4.69) is 47.2 Å². The third kappa shape index (κ3) is 3.98. The molecule has 0 radical (unpaired) electrons. The van der Waals surface area contributed by atoms with Crippen molar-refractivity contribution in [2.24, 2.45) is 4.76 Å². The molecule has 0 bridgehead atoms. The second-order valence-electron chi connectivity index (χ2n) is 6.77. The molecule has 3 heteroatoms. The van der Waals surface area contributed by atoms with Gasteiger partial charge in [-0.3, -0.25) is 4.57 Å². The molecule has 0 unspecified atom stereocenters. The van der Waals surface area contributed by atoms with Gasteiger partial charge >= 0.3 is 0 Å². The first kappa shape index (κ1) is 18.4. The van der Waals surface area contributed by atoms with Crippen molar-refractivity contribution in [3.63, 3.8) is 0 Å². The summed E-state index contributed by atoms with van der Waals surface area (Å²) in [5, 5.41) is 4.03. The number of benzene rings is 4. The van der Waals surface area contributed by atoms with E-state index >= 15 is 0 Å². The molecule has 4 aromatic carbocycles. The highest BCUT2D eigenvalue weighted by molar-refractivity contribution is 7.77. The molecule has 0 aliphatic heterocycles. The van der Waals surface area contributed by atoms with Crippen molar-refractivity contribution in [3.8, 4) is 0 Å². The zero-order valence-corrected chi connectivity index (χ0v) is 16.5. The quantitative estimate of drug-likeness (QED) is 0.307. The Morgan fingerprint density at radius 3 is 1.89 bits per heavy atom. The first-order chi connectivity index (χ1) is 13.8. The first-order valence-electron chi connectivity index (χ1n) is 9.49. The van der Waals surface area contributed by atoms with E-state index in [1.54, 1.807) is 0 Å². The molecule has 0 saturated heterocycles. The van der Waals surface area contributed by atoms with Crippen LogP contribution in [0.3, 0.4) is 0 Å². The van der Waals surface area contributed by atoms with Crippen molar-refractivity contribution < 1.29 is 4.57 Å². The zero-order chi connectivity index (χ0) is 19.2. The molecule has 0 aromatic heterocycles. The van der Waals surface area contributed by atoms with E-state index < -0.39 is 7.29 Å². The Bertz CT molecular complexity index is 1090. The third-order valence-corrected chi connectivity index (χ3v) is 7.32. The van der Waals surface area contributed by atoms with E-state index in [0.29, 0.717) is 0 Å². The largest absolute Gasteiger partial charge is 0.288 e. The summed E-state index contributed by atoms with van der Waals surface area (Å²) in [6.07, 6.45) is 3.45. The Morgan fingerprint density at radius 1 is 0.679 bits per heavy atom. The van der Waals surface area contributed by atoms with E-state index in [1.807, 2.05) is 66.9 Å². The van der Waals surface area contributed by atoms with Crippen LogP contribution >= 0.6 is 7.29 Å². The summed E-state index contributed by atoms with van der Waals surface area (Å²) in [5.74, 6) is 0. The lowest BCUT2D eigenvalue weighted by atomic mass is 10.0. The van der Waals surface area contributed by atoms with Gasteiger partial charge in [0, 0.05) is 16.8 Å². The number of fused-ring (bicyclic) bond motifs is 1. The maximum absolute atomic E-state index is 13.8. The van der Waals surface area contributed by atoms with Crippen LogP contribution in [0.25, 0.3) is 10.8 Å². The van der Waals surface area contributed by atoms with Gasteiger partial charge in [-0.25, -0.2) is 4.76 Å². The molecular weight excluding hydrogens is 361 g/mol. The van der Waals surface area contributed by atoms with Gasteiger partial charge in [-0.05, 0) is 53.4 Å². The molecule has 28 heavy (non-hydrogen) atoms. The number of nitrogens with zero attached hydrogens (tertiary/aromatic N) is 1. The minimum absolute atomic E-state index is 0.752. The zero-order valence-electron chi connectivity index (χ0n) is 15.6. The standard InChI is InChI=1S/C25H22NOP/c27-28(24-13-3-1-4-14-24,25-15-5-2-6-16-25)26-19-9-10-21-17-18-22-11-7-8-12-23(22)20-21/h1-8,11-20H,9-10H2. The molecule has 0 N–H and O–H groups in total. The summed E-state index contributed by atoms with van der Waals surface area (Å²) in [4.78, 5) is 0. The van der Waals surface area contributed by atoms with Gasteiger partial charge in [0.05, 0.1) is 0 Å². The second kappa shape index (κ2) is 8.37. The van der Waals surface area contributed by atoms with E-state index in [1.165, 1.54) is 16.3 Å². The monoisotopic (exact) mass is 383 g/mol. The smallest absolute Gasteiger partial charge is 0.247 e. The van der Waals surface area contributed by atoms with Crippen molar-refractivity contribution in [3.05, 3.63) is 109 Å². The minimum atomic E-state index is -3.02. The molecular formula is C25H22NOP. The molecule has 138 valence electrons. The topological polar surface area (TPSA) is 29.4 Å². The summed E-state index contributed by atoms with van der Waals surface area (Å²) in [5.41, 5.74) is 1.26. The second-order valence-corrected chi connectivity index (χ2v) is 9.18. The van der Waals surface area contributed by atoms with Crippen molar-refractivity contribution >= 4 is 34.9 Å². The predicted octanol–water partition coefficient (Wildman–Crippen LogP) is 5.77. The van der Waals surface area contributed by atoms with Crippen LogP contribution in [-0.2, 0) is 11.0 Å². The SMILES string of the molecule is O=P(N=CCCc1ccc2ccccc2c1)(c1ccccc1)c1ccccc1. The fraction of sp³-hybridized carbons (Fsp3) is 0.0800. The predicted molar refractivity (Wildman–Crippen MR) is 121 cm³/mol. The number of hydrogen-bond acceptors (Lipinski definition) is 1. The molecule has 0 aliphatic carbocycles. The average molecular weight is 383 g/mol. The fourth-order valence-corrected chi connectivity index (χ4v) is 5.40. The average Bonchev–Trinajstić information content (AvgIpc) is 2.77.